The molecule has 0 radical (unpaired) electrons. The van der Waals surface area contributed by atoms with Gasteiger partial charge in [-0.2, -0.15) is 0 Å². The largest absolute Gasteiger partial charge is 0.389 e. The van der Waals surface area contributed by atoms with Gasteiger partial charge in [0.25, 0.3) is 0 Å². The van der Waals surface area contributed by atoms with Crippen molar-refractivity contribution in [2.75, 3.05) is 13.2 Å². The van der Waals surface area contributed by atoms with Crippen LogP contribution in [0.2, 0.25) is 0 Å². The molecule has 1 saturated carbocycles. The first kappa shape index (κ1) is 16.9. The van der Waals surface area contributed by atoms with Crippen molar-refractivity contribution in [3.63, 3.8) is 0 Å². The van der Waals surface area contributed by atoms with Gasteiger partial charge in [0, 0.05) is 12.6 Å². The van der Waals surface area contributed by atoms with Gasteiger partial charge < -0.3 is 15.2 Å². The molecule has 0 saturated heterocycles. The predicted octanol–water partition coefficient (Wildman–Crippen LogP) is 2.82. The first-order valence-corrected chi connectivity index (χ1v) is 7.93. The first-order chi connectivity index (χ1) is 8.90. The highest BCUT2D eigenvalue weighted by Gasteiger charge is 2.31. The van der Waals surface area contributed by atoms with Crippen LogP contribution in [0, 0.1) is 17.8 Å². The molecule has 1 rings (SSSR count). The third-order valence-corrected chi connectivity index (χ3v) is 4.23. The van der Waals surface area contributed by atoms with Gasteiger partial charge in [-0.15, -0.1) is 0 Å². The van der Waals surface area contributed by atoms with Crippen molar-refractivity contribution < 1.29 is 9.84 Å². The van der Waals surface area contributed by atoms with E-state index < -0.39 is 6.10 Å². The predicted molar refractivity (Wildman–Crippen MR) is 80.2 cm³/mol. The maximum absolute atomic E-state index is 9.93. The molecule has 1 aliphatic carbocycles. The van der Waals surface area contributed by atoms with E-state index in [1.54, 1.807) is 0 Å². The Morgan fingerprint density at radius 2 is 1.89 bits per heavy atom. The highest BCUT2D eigenvalue weighted by molar-refractivity contribution is 4.81. The zero-order valence-electron chi connectivity index (χ0n) is 13.4. The van der Waals surface area contributed by atoms with E-state index in [0.29, 0.717) is 37.1 Å². The minimum atomic E-state index is -0.396. The molecule has 0 aliphatic heterocycles. The number of hydrogen-bond donors (Lipinski definition) is 2. The van der Waals surface area contributed by atoms with Crippen LogP contribution in [0.3, 0.4) is 0 Å². The molecule has 0 aromatic carbocycles. The molecular weight excluding hydrogens is 238 g/mol. The van der Waals surface area contributed by atoms with E-state index in [4.69, 9.17) is 4.74 Å². The maximum atomic E-state index is 9.93. The molecule has 2 N–H and O–H groups in total. The standard InChI is InChI=1S/C16H33NO2/c1-11(2)15-7-6-13(5)8-16(15)19-10-14(18)9-17-12(3)4/h11-18H,6-10H2,1-5H3/t13-,14?,15?,16?/m1/s1. The van der Waals surface area contributed by atoms with Gasteiger partial charge in [-0.05, 0) is 30.6 Å². The van der Waals surface area contributed by atoms with Crippen molar-refractivity contribution in [3.8, 4) is 0 Å². The van der Waals surface area contributed by atoms with Crippen LogP contribution in [0.15, 0.2) is 0 Å². The minimum Gasteiger partial charge on any atom is -0.389 e. The molecule has 3 heteroatoms. The highest BCUT2D eigenvalue weighted by atomic mass is 16.5. The van der Waals surface area contributed by atoms with Gasteiger partial charge in [-0.3, -0.25) is 0 Å². The van der Waals surface area contributed by atoms with Gasteiger partial charge in [0.2, 0.25) is 0 Å². The normalized spacial score (nSPS) is 30.0. The maximum Gasteiger partial charge on any atom is 0.0897 e. The fourth-order valence-electron chi connectivity index (χ4n) is 2.97. The molecular formula is C16H33NO2. The Morgan fingerprint density at radius 1 is 1.21 bits per heavy atom. The lowest BCUT2D eigenvalue weighted by atomic mass is 9.75. The van der Waals surface area contributed by atoms with Crippen LogP contribution in [0.5, 0.6) is 0 Å². The molecule has 19 heavy (non-hydrogen) atoms. The van der Waals surface area contributed by atoms with Crippen molar-refractivity contribution in [1.82, 2.24) is 5.32 Å². The van der Waals surface area contributed by atoms with Gasteiger partial charge in [-0.25, -0.2) is 0 Å². The average molecular weight is 271 g/mol. The number of nitrogens with one attached hydrogen (secondary N) is 1. The highest BCUT2D eigenvalue weighted by Crippen LogP contribution is 2.35. The van der Waals surface area contributed by atoms with Crippen LogP contribution in [-0.2, 0) is 4.74 Å². The van der Waals surface area contributed by atoms with Crippen molar-refractivity contribution in [1.29, 1.82) is 0 Å². The Labute approximate surface area is 119 Å². The number of hydrogen-bond acceptors (Lipinski definition) is 3. The SMILES string of the molecule is CC(C)NCC(O)COC1C[C@H](C)CCC1C(C)C. The van der Waals surface area contributed by atoms with Crippen molar-refractivity contribution in [2.24, 2.45) is 17.8 Å². The first-order valence-electron chi connectivity index (χ1n) is 7.93. The number of ether oxygens (including phenoxy) is 1. The van der Waals surface area contributed by atoms with Crippen molar-refractivity contribution in [3.05, 3.63) is 0 Å². The van der Waals surface area contributed by atoms with Crippen LogP contribution in [0.25, 0.3) is 0 Å². The third kappa shape index (κ3) is 6.24. The Morgan fingerprint density at radius 3 is 2.47 bits per heavy atom. The molecule has 114 valence electrons. The van der Waals surface area contributed by atoms with E-state index >= 15 is 0 Å². The smallest absolute Gasteiger partial charge is 0.0897 e. The molecule has 0 spiro atoms. The summed E-state index contributed by atoms with van der Waals surface area (Å²) in [5.74, 6) is 2.08. The molecule has 0 heterocycles. The van der Waals surface area contributed by atoms with Gasteiger partial charge in [-0.1, -0.05) is 41.0 Å². The number of rotatable bonds is 7. The zero-order valence-corrected chi connectivity index (χ0v) is 13.4. The van der Waals surface area contributed by atoms with E-state index in [1.165, 1.54) is 12.8 Å². The molecule has 0 aromatic rings. The summed E-state index contributed by atoms with van der Waals surface area (Å²) in [5.41, 5.74) is 0. The summed E-state index contributed by atoms with van der Waals surface area (Å²) in [7, 11) is 0. The fraction of sp³-hybridized carbons (Fsp3) is 1.00. The Balaban J connectivity index is 2.35. The van der Waals surface area contributed by atoms with Gasteiger partial charge in [0.15, 0.2) is 0 Å². The van der Waals surface area contributed by atoms with E-state index in [9.17, 15) is 5.11 Å². The second kappa shape index (κ2) is 8.23. The third-order valence-electron chi connectivity index (χ3n) is 4.23. The average Bonchev–Trinajstić information content (AvgIpc) is 2.33. The van der Waals surface area contributed by atoms with Gasteiger partial charge >= 0.3 is 0 Å². The molecule has 1 fully saturated rings. The monoisotopic (exact) mass is 271 g/mol. The van der Waals surface area contributed by atoms with Crippen molar-refractivity contribution >= 4 is 0 Å². The second-order valence-corrected chi connectivity index (χ2v) is 6.91. The minimum absolute atomic E-state index is 0.331. The number of aliphatic hydroxyl groups is 1. The van der Waals surface area contributed by atoms with E-state index in [0.717, 1.165) is 12.3 Å². The van der Waals surface area contributed by atoms with Crippen LogP contribution in [-0.4, -0.2) is 36.5 Å². The Kier molecular flexibility index (Phi) is 7.33. The van der Waals surface area contributed by atoms with Crippen LogP contribution in [0.1, 0.15) is 53.9 Å². The summed E-state index contributed by atoms with van der Waals surface area (Å²) in [6, 6.07) is 0.410. The molecule has 1 aliphatic rings. The summed E-state index contributed by atoms with van der Waals surface area (Å²) in [4.78, 5) is 0. The Bertz CT molecular complexity index is 243. The summed E-state index contributed by atoms with van der Waals surface area (Å²) in [5, 5.41) is 13.2. The zero-order chi connectivity index (χ0) is 14.4. The van der Waals surface area contributed by atoms with Gasteiger partial charge in [0.1, 0.15) is 0 Å². The molecule has 0 bridgehead atoms. The molecule has 3 unspecified atom stereocenters. The van der Waals surface area contributed by atoms with Crippen LogP contribution >= 0.6 is 0 Å². The molecule has 4 atom stereocenters. The van der Waals surface area contributed by atoms with E-state index in [2.05, 4.69) is 39.9 Å². The van der Waals surface area contributed by atoms with E-state index in [-0.39, 0.29) is 0 Å². The lowest BCUT2D eigenvalue weighted by Crippen LogP contribution is -2.39. The lowest BCUT2D eigenvalue weighted by molar-refractivity contribution is -0.0684. The van der Waals surface area contributed by atoms with Crippen LogP contribution < -0.4 is 5.32 Å². The van der Waals surface area contributed by atoms with Crippen molar-refractivity contribution in [2.45, 2.75) is 72.1 Å². The second-order valence-electron chi connectivity index (χ2n) is 6.91. The fourth-order valence-corrected chi connectivity index (χ4v) is 2.97. The topological polar surface area (TPSA) is 41.5 Å². The van der Waals surface area contributed by atoms with E-state index in [1.807, 2.05) is 0 Å². The lowest BCUT2D eigenvalue weighted by Gasteiger charge is -2.37. The van der Waals surface area contributed by atoms with Gasteiger partial charge in [0.05, 0.1) is 18.8 Å². The number of aliphatic hydroxyl groups excluding tert-OH is 1. The molecule has 0 amide bonds. The molecule has 3 nitrogen and oxygen atoms in total. The van der Waals surface area contributed by atoms with Crippen LogP contribution in [0.4, 0.5) is 0 Å². The molecule has 0 aromatic heterocycles. The quantitative estimate of drug-likeness (QED) is 0.748. The summed E-state index contributed by atoms with van der Waals surface area (Å²) in [6.07, 6.45) is 3.67. The summed E-state index contributed by atoms with van der Waals surface area (Å²) in [6.45, 7) is 12.1. The summed E-state index contributed by atoms with van der Waals surface area (Å²) < 4.78 is 6.03. The summed E-state index contributed by atoms with van der Waals surface area (Å²) >= 11 is 0. The Hall–Kier alpha value is -0.120.